The molecule has 1 saturated carbocycles. The number of aryl methyl sites for hydroxylation is 1. The van der Waals surface area contributed by atoms with Crippen molar-refractivity contribution in [1.82, 2.24) is 14.8 Å². The monoisotopic (exact) mass is 222 g/mol. The van der Waals surface area contributed by atoms with Crippen LogP contribution in [-0.2, 0) is 13.5 Å². The first-order valence-corrected chi connectivity index (χ1v) is 6.23. The van der Waals surface area contributed by atoms with Crippen molar-refractivity contribution in [3.63, 3.8) is 0 Å². The summed E-state index contributed by atoms with van der Waals surface area (Å²) in [7, 11) is 1.98. The average molecular weight is 222 g/mol. The Hall–Kier alpha value is -0.900. The molecular formula is C12H22N4. The van der Waals surface area contributed by atoms with Crippen LogP contribution in [-0.4, -0.2) is 20.8 Å². The van der Waals surface area contributed by atoms with Gasteiger partial charge in [0.05, 0.1) is 0 Å². The molecule has 0 radical (unpaired) electrons. The summed E-state index contributed by atoms with van der Waals surface area (Å²) < 4.78 is 1.92. The van der Waals surface area contributed by atoms with Gasteiger partial charge in [0.1, 0.15) is 5.82 Å². The smallest absolute Gasteiger partial charge is 0.151 e. The zero-order chi connectivity index (χ0) is 11.7. The lowest BCUT2D eigenvalue weighted by molar-refractivity contribution is 0.545. The lowest BCUT2D eigenvalue weighted by atomic mass is 10.0. The largest absolute Gasteiger partial charge is 0.327 e. The van der Waals surface area contributed by atoms with Crippen LogP contribution in [0.25, 0.3) is 0 Å². The van der Waals surface area contributed by atoms with E-state index < -0.39 is 0 Å². The Labute approximate surface area is 97.2 Å². The number of rotatable bonds is 3. The van der Waals surface area contributed by atoms with Crippen molar-refractivity contribution >= 4 is 0 Å². The molecule has 2 rings (SSSR count). The van der Waals surface area contributed by atoms with E-state index >= 15 is 0 Å². The second-order valence-electron chi connectivity index (χ2n) is 5.31. The summed E-state index contributed by atoms with van der Waals surface area (Å²) in [6.07, 6.45) is 4.46. The van der Waals surface area contributed by atoms with E-state index in [1.807, 2.05) is 11.7 Å². The van der Waals surface area contributed by atoms with E-state index in [1.54, 1.807) is 0 Å². The molecule has 1 aromatic rings. The van der Waals surface area contributed by atoms with Crippen LogP contribution in [0.3, 0.4) is 0 Å². The third-order valence-corrected chi connectivity index (χ3v) is 3.33. The zero-order valence-corrected chi connectivity index (χ0v) is 10.5. The van der Waals surface area contributed by atoms with Gasteiger partial charge in [-0.3, -0.25) is 4.68 Å². The highest BCUT2D eigenvalue weighted by Gasteiger charge is 2.29. The van der Waals surface area contributed by atoms with Crippen LogP contribution in [0.15, 0.2) is 0 Å². The average Bonchev–Trinajstić information content (AvgIpc) is 2.71. The Balaban J connectivity index is 2.17. The Morgan fingerprint density at radius 1 is 1.44 bits per heavy atom. The molecule has 0 amide bonds. The van der Waals surface area contributed by atoms with Crippen molar-refractivity contribution in [3.8, 4) is 0 Å². The molecule has 2 atom stereocenters. The van der Waals surface area contributed by atoms with Gasteiger partial charge in [-0.05, 0) is 18.8 Å². The topological polar surface area (TPSA) is 56.7 Å². The van der Waals surface area contributed by atoms with Crippen LogP contribution in [0, 0.1) is 5.92 Å². The molecule has 0 saturated heterocycles. The van der Waals surface area contributed by atoms with Crippen molar-refractivity contribution in [3.05, 3.63) is 11.6 Å². The van der Waals surface area contributed by atoms with E-state index in [4.69, 9.17) is 5.73 Å². The highest BCUT2D eigenvalue weighted by atomic mass is 15.3. The minimum Gasteiger partial charge on any atom is -0.327 e. The standard InChI is InChI=1S/C12H22N4/c1-8(2)7-11-14-12(16(3)15-11)9-5-4-6-10(9)13/h8-10H,4-7,13H2,1-3H3. The van der Waals surface area contributed by atoms with Crippen molar-refractivity contribution in [1.29, 1.82) is 0 Å². The normalized spacial score (nSPS) is 25.6. The molecule has 0 spiro atoms. The van der Waals surface area contributed by atoms with E-state index in [1.165, 1.54) is 6.42 Å². The second-order valence-corrected chi connectivity index (χ2v) is 5.31. The summed E-state index contributed by atoms with van der Waals surface area (Å²) in [5, 5.41) is 4.48. The number of hydrogen-bond acceptors (Lipinski definition) is 3. The van der Waals surface area contributed by atoms with Gasteiger partial charge >= 0.3 is 0 Å². The van der Waals surface area contributed by atoms with Gasteiger partial charge in [-0.25, -0.2) is 4.98 Å². The van der Waals surface area contributed by atoms with Crippen molar-refractivity contribution in [2.75, 3.05) is 0 Å². The summed E-state index contributed by atoms with van der Waals surface area (Å²) in [5.74, 6) is 3.07. The predicted molar refractivity (Wildman–Crippen MR) is 64.1 cm³/mol. The Bertz CT molecular complexity index is 356. The predicted octanol–water partition coefficient (Wildman–Crippen LogP) is 1.61. The molecule has 4 nitrogen and oxygen atoms in total. The van der Waals surface area contributed by atoms with Gasteiger partial charge in [0, 0.05) is 25.4 Å². The van der Waals surface area contributed by atoms with Gasteiger partial charge in [-0.15, -0.1) is 0 Å². The lowest BCUT2D eigenvalue weighted by Gasteiger charge is -2.13. The molecule has 2 unspecified atom stereocenters. The third-order valence-electron chi connectivity index (χ3n) is 3.33. The van der Waals surface area contributed by atoms with Gasteiger partial charge in [0.25, 0.3) is 0 Å². The quantitative estimate of drug-likeness (QED) is 0.845. The van der Waals surface area contributed by atoms with Gasteiger partial charge < -0.3 is 5.73 Å². The van der Waals surface area contributed by atoms with Gasteiger partial charge in [0.15, 0.2) is 5.82 Å². The van der Waals surface area contributed by atoms with E-state index in [-0.39, 0.29) is 6.04 Å². The minimum atomic E-state index is 0.273. The fourth-order valence-corrected chi connectivity index (χ4v) is 2.54. The van der Waals surface area contributed by atoms with Crippen LogP contribution in [0.5, 0.6) is 0 Å². The molecule has 16 heavy (non-hydrogen) atoms. The molecule has 2 N–H and O–H groups in total. The van der Waals surface area contributed by atoms with Crippen LogP contribution in [0.1, 0.15) is 50.7 Å². The summed E-state index contributed by atoms with van der Waals surface area (Å²) in [6, 6.07) is 0.273. The Morgan fingerprint density at radius 3 is 2.75 bits per heavy atom. The number of aromatic nitrogens is 3. The molecule has 4 heteroatoms. The molecule has 1 fully saturated rings. The van der Waals surface area contributed by atoms with Crippen molar-refractivity contribution in [2.45, 2.75) is 51.5 Å². The first kappa shape index (κ1) is 11.6. The van der Waals surface area contributed by atoms with E-state index in [0.717, 1.165) is 30.9 Å². The molecule has 1 aliphatic rings. The second kappa shape index (κ2) is 4.53. The van der Waals surface area contributed by atoms with Crippen LogP contribution in [0.2, 0.25) is 0 Å². The first-order valence-electron chi connectivity index (χ1n) is 6.23. The van der Waals surface area contributed by atoms with Gasteiger partial charge in [0.2, 0.25) is 0 Å². The summed E-state index contributed by atoms with van der Waals surface area (Å²) in [6.45, 7) is 4.38. The van der Waals surface area contributed by atoms with Crippen LogP contribution >= 0.6 is 0 Å². The zero-order valence-electron chi connectivity index (χ0n) is 10.5. The van der Waals surface area contributed by atoms with Crippen molar-refractivity contribution < 1.29 is 0 Å². The fraction of sp³-hybridized carbons (Fsp3) is 0.833. The third kappa shape index (κ3) is 2.26. The van der Waals surface area contributed by atoms with Gasteiger partial charge in [-0.2, -0.15) is 5.10 Å². The molecule has 1 heterocycles. The maximum absolute atomic E-state index is 6.11. The maximum Gasteiger partial charge on any atom is 0.151 e. The fourth-order valence-electron chi connectivity index (χ4n) is 2.54. The van der Waals surface area contributed by atoms with Crippen LogP contribution < -0.4 is 5.73 Å². The first-order chi connectivity index (χ1) is 7.58. The number of nitrogens with two attached hydrogens (primary N) is 1. The molecule has 0 aromatic carbocycles. The maximum atomic E-state index is 6.11. The lowest BCUT2D eigenvalue weighted by Crippen LogP contribution is -2.25. The Morgan fingerprint density at radius 2 is 2.19 bits per heavy atom. The molecule has 90 valence electrons. The highest BCUT2D eigenvalue weighted by molar-refractivity contribution is 5.06. The van der Waals surface area contributed by atoms with Crippen LogP contribution in [0.4, 0.5) is 0 Å². The van der Waals surface area contributed by atoms with Gasteiger partial charge in [-0.1, -0.05) is 20.3 Å². The molecular weight excluding hydrogens is 200 g/mol. The summed E-state index contributed by atoms with van der Waals surface area (Å²) in [4.78, 5) is 4.65. The van der Waals surface area contributed by atoms with E-state index in [9.17, 15) is 0 Å². The Kier molecular flexibility index (Phi) is 3.28. The SMILES string of the molecule is CC(C)Cc1nc(C2CCCC2N)n(C)n1. The van der Waals surface area contributed by atoms with E-state index in [0.29, 0.717) is 11.8 Å². The van der Waals surface area contributed by atoms with Crippen molar-refractivity contribution in [2.24, 2.45) is 18.7 Å². The minimum absolute atomic E-state index is 0.273. The highest BCUT2D eigenvalue weighted by Crippen LogP contribution is 2.32. The molecule has 1 aromatic heterocycles. The number of nitrogens with zero attached hydrogens (tertiary/aromatic N) is 3. The molecule has 1 aliphatic carbocycles. The number of hydrogen-bond donors (Lipinski definition) is 1. The molecule has 0 bridgehead atoms. The van der Waals surface area contributed by atoms with E-state index in [2.05, 4.69) is 23.9 Å². The summed E-state index contributed by atoms with van der Waals surface area (Å²) >= 11 is 0. The summed E-state index contributed by atoms with van der Waals surface area (Å²) in [5.41, 5.74) is 6.11. The molecule has 0 aliphatic heterocycles.